The van der Waals surface area contributed by atoms with Gasteiger partial charge in [0, 0.05) is 0 Å². The quantitative estimate of drug-likeness (QED) is 0.861. The van der Waals surface area contributed by atoms with Crippen molar-refractivity contribution < 1.29 is 9.90 Å². The molecule has 2 N–H and O–H groups in total. The molecule has 1 aromatic rings. The highest BCUT2D eigenvalue weighted by atomic mass is 35.5. The third-order valence-corrected chi connectivity index (χ3v) is 2.80. The maximum absolute atomic E-state index is 11.0. The first-order valence-corrected chi connectivity index (χ1v) is 5.16. The van der Waals surface area contributed by atoms with Gasteiger partial charge in [-0.05, 0) is 18.6 Å². The molecule has 0 aliphatic carbocycles. The topological polar surface area (TPSA) is 49.3 Å². The van der Waals surface area contributed by atoms with Gasteiger partial charge in [-0.1, -0.05) is 35.3 Å². The van der Waals surface area contributed by atoms with E-state index in [0.717, 1.165) is 5.56 Å². The molecular weight excluding hydrogens is 237 g/mol. The first kappa shape index (κ1) is 12.3. The van der Waals surface area contributed by atoms with Crippen LogP contribution in [0.15, 0.2) is 18.2 Å². The zero-order valence-corrected chi connectivity index (χ0v) is 9.64. The van der Waals surface area contributed by atoms with Crippen molar-refractivity contribution in [3.05, 3.63) is 33.8 Å². The fourth-order valence-electron chi connectivity index (χ4n) is 1.22. The molecule has 1 atom stereocenters. The lowest BCUT2D eigenvalue weighted by atomic mass is 10.1. The van der Waals surface area contributed by atoms with Crippen LogP contribution in [0.4, 0.5) is 0 Å². The Balaban J connectivity index is 2.86. The first-order valence-electron chi connectivity index (χ1n) is 4.40. The molecular formula is C10H11Cl2NO2. The molecule has 3 nitrogen and oxygen atoms in total. The molecule has 0 saturated carbocycles. The molecule has 1 aromatic carbocycles. The van der Waals surface area contributed by atoms with Crippen molar-refractivity contribution >= 4 is 29.1 Å². The number of carbonyl (C=O) groups excluding carboxylic acids is 1. The summed E-state index contributed by atoms with van der Waals surface area (Å²) in [7, 11) is 0. The number of carbonyl (C=O) groups is 1. The van der Waals surface area contributed by atoms with Crippen LogP contribution in [0.5, 0.6) is 0 Å². The third kappa shape index (κ3) is 3.09. The van der Waals surface area contributed by atoms with Crippen LogP contribution in [-0.4, -0.2) is 17.6 Å². The van der Waals surface area contributed by atoms with Crippen LogP contribution in [0.3, 0.4) is 0 Å². The van der Waals surface area contributed by atoms with Crippen LogP contribution < -0.4 is 5.32 Å². The molecule has 0 aliphatic rings. The van der Waals surface area contributed by atoms with Gasteiger partial charge in [-0.2, -0.15) is 0 Å². The van der Waals surface area contributed by atoms with Gasteiger partial charge in [-0.25, -0.2) is 0 Å². The van der Waals surface area contributed by atoms with E-state index in [-0.39, 0.29) is 6.04 Å². The number of hydrogen-bond donors (Lipinski definition) is 2. The highest BCUT2D eigenvalue weighted by Crippen LogP contribution is 2.29. The summed E-state index contributed by atoms with van der Waals surface area (Å²) in [6, 6.07) is 4.92. The summed E-state index contributed by atoms with van der Waals surface area (Å²) in [6.07, 6.45) is 0. The van der Waals surface area contributed by atoms with Crippen molar-refractivity contribution in [2.24, 2.45) is 0 Å². The van der Waals surface area contributed by atoms with Gasteiger partial charge in [0.2, 0.25) is 5.91 Å². The molecule has 0 spiro atoms. The standard InChI is InChI=1S/C10H11Cl2NO2/c1-6(13-9(15)5-14)7-3-2-4-8(11)10(7)12/h2-4,6,14H,5H2,1H3,(H,13,15). The first-order chi connectivity index (χ1) is 7.06. The number of benzene rings is 1. The molecule has 15 heavy (non-hydrogen) atoms. The molecule has 5 heteroatoms. The average Bonchev–Trinajstić information content (AvgIpc) is 2.21. The Hall–Kier alpha value is -0.770. The van der Waals surface area contributed by atoms with Crippen LogP contribution in [0.25, 0.3) is 0 Å². The lowest BCUT2D eigenvalue weighted by Gasteiger charge is -2.15. The molecule has 0 fully saturated rings. The second-order valence-corrected chi connectivity index (χ2v) is 3.88. The zero-order chi connectivity index (χ0) is 11.4. The Bertz CT molecular complexity index is 368. The van der Waals surface area contributed by atoms with Crippen LogP contribution in [-0.2, 0) is 4.79 Å². The number of aliphatic hydroxyl groups excluding tert-OH is 1. The van der Waals surface area contributed by atoms with Crippen molar-refractivity contribution in [3.63, 3.8) is 0 Å². The summed E-state index contributed by atoms with van der Waals surface area (Å²) in [5.74, 6) is -0.446. The predicted octanol–water partition coefficient (Wildman–Crippen LogP) is 2.16. The lowest BCUT2D eigenvalue weighted by molar-refractivity contribution is -0.124. The normalized spacial score (nSPS) is 12.3. The smallest absolute Gasteiger partial charge is 0.246 e. The number of rotatable bonds is 3. The Kier molecular flexibility index (Phi) is 4.39. The van der Waals surface area contributed by atoms with Crippen LogP contribution in [0.2, 0.25) is 10.0 Å². The molecule has 1 rings (SSSR count). The molecule has 0 heterocycles. The Morgan fingerprint density at radius 2 is 2.20 bits per heavy atom. The molecule has 82 valence electrons. The Morgan fingerprint density at radius 3 is 2.80 bits per heavy atom. The maximum atomic E-state index is 11.0. The summed E-state index contributed by atoms with van der Waals surface area (Å²) in [4.78, 5) is 11.0. The molecule has 0 aliphatic heterocycles. The predicted molar refractivity (Wildman–Crippen MR) is 60.1 cm³/mol. The van der Waals surface area contributed by atoms with Crippen molar-refractivity contribution in [2.45, 2.75) is 13.0 Å². The van der Waals surface area contributed by atoms with Gasteiger partial charge >= 0.3 is 0 Å². The van der Waals surface area contributed by atoms with E-state index in [1.54, 1.807) is 25.1 Å². The maximum Gasteiger partial charge on any atom is 0.246 e. The number of nitrogens with one attached hydrogen (secondary N) is 1. The highest BCUT2D eigenvalue weighted by molar-refractivity contribution is 6.42. The molecule has 0 aromatic heterocycles. The lowest BCUT2D eigenvalue weighted by Crippen LogP contribution is -2.29. The van der Waals surface area contributed by atoms with E-state index in [1.807, 2.05) is 0 Å². The number of hydrogen-bond acceptors (Lipinski definition) is 2. The molecule has 0 saturated heterocycles. The van der Waals surface area contributed by atoms with Gasteiger partial charge in [-0.15, -0.1) is 0 Å². The largest absolute Gasteiger partial charge is 0.387 e. The summed E-state index contributed by atoms with van der Waals surface area (Å²) < 4.78 is 0. The SMILES string of the molecule is CC(NC(=O)CO)c1cccc(Cl)c1Cl. The second kappa shape index (κ2) is 5.35. The van der Waals surface area contributed by atoms with Crippen LogP contribution >= 0.6 is 23.2 Å². The monoisotopic (exact) mass is 247 g/mol. The summed E-state index contributed by atoms with van der Waals surface area (Å²) in [5.41, 5.74) is 0.728. The van der Waals surface area contributed by atoms with E-state index >= 15 is 0 Å². The van der Waals surface area contributed by atoms with E-state index in [9.17, 15) is 4.79 Å². The van der Waals surface area contributed by atoms with Gasteiger partial charge in [0.1, 0.15) is 6.61 Å². The van der Waals surface area contributed by atoms with Gasteiger partial charge in [0.15, 0.2) is 0 Å². The summed E-state index contributed by atoms with van der Waals surface area (Å²) in [5, 5.41) is 12.0. The van der Waals surface area contributed by atoms with Gasteiger partial charge in [0.25, 0.3) is 0 Å². The molecule has 0 radical (unpaired) electrons. The van der Waals surface area contributed by atoms with Crippen molar-refractivity contribution in [1.29, 1.82) is 0 Å². The highest BCUT2D eigenvalue weighted by Gasteiger charge is 2.13. The van der Waals surface area contributed by atoms with E-state index < -0.39 is 12.5 Å². The number of halogens is 2. The second-order valence-electron chi connectivity index (χ2n) is 3.09. The van der Waals surface area contributed by atoms with Gasteiger partial charge < -0.3 is 10.4 Å². The minimum Gasteiger partial charge on any atom is -0.387 e. The number of amides is 1. The van der Waals surface area contributed by atoms with Crippen molar-refractivity contribution in [1.82, 2.24) is 5.32 Å². The third-order valence-electron chi connectivity index (χ3n) is 1.97. The van der Waals surface area contributed by atoms with Gasteiger partial charge in [0.05, 0.1) is 16.1 Å². The van der Waals surface area contributed by atoms with E-state index in [4.69, 9.17) is 28.3 Å². The molecule has 1 unspecified atom stereocenters. The van der Waals surface area contributed by atoms with E-state index in [0.29, 0.717) is 10.0 Å². The van der Waals surface area contributed by atoms with Crippen LogP contribution in [0.1, 0.15) is 18.5 Å². The fourth-order valence-corrected chi connectivity index (χ4v) is 1.69. The molecule has 1 amide bonds. The van der Waals surface area contributed by atoms with E-state index in [2.05, 4.69) is 5.32 Å². The summed E-state index contributed by atoms with van der Waals surface area (Å²) >= 11 is 11.8. The minimum atomic E-state index is -0.539. The summed E-state index contributed by atoms with van der Waals surface area (Å²) in [6.45, 7) is 1.23. The minimum absolute atomic E-state index is 0.282. The zero-order valence-electron chi connectivity index (χ0n) is 8.13. The Morgan fingerprint density at radius 1 is 1.53 bits per heavy atom. The van der Waals surface area contributed by atoms with Crippen molar-refractivity contribution in [3.8, 4) is 0 Å². The van der Waals surface area contributed by atoms with Gasteiger partial charge in [-0.3, -0.25) is 4.79 Å². The van der Waals surface area contributed by atoms with E-state index in [1.165, 1.54) is 0 Å². The molecule has 0 bridgehead atoms. The Labute approximate surface area is 98.0 Å². The fraction of sp³-hybridized carbons (Fsp3) is 0.300. The van der Waals surface area contributed by atoms with Crippen molar-refractivity contribution in [2.75, 3.05) is 6.61 Å². The van der Waals surface area contributed by atoms with Crippen LogP contribution in [0, 0.1) is 0 Å². The average molecular weight is 248 g/mol. The number of aliphatic hydroxyl groups is 1.